The molecule has 0 aliphatic heterocycles. The number of hydrogen-bond acceptors (Lipinski definition) is 3. The highest BCUT2D eigenvalue weighted by atomic mass is 32.1. The van der Waals surface area contributed by atoms with E-state index >= 15 is 0 Å². The zero-order valence-corrected chi connectivity index (χ0v) is 22.0. The van der Waals surface area contributed by atoms with Crippen LogP contribution < -0.4 is 0 Å². The van der Waals surface area contributed by atoms with E-state index in [0.29, 0.717) is 0 Å². The van der Waals surface area contributed by atoms with Gasteiger partial charge in [-0.15, -0.1) is 11.3 Å². The topological polar surface area (TPSA) is 30.2 Å². The van der Waals surface area contributed by atoms with Crippen LogP contribution >= 0.6 is 11.3 Å². The van der Waals surface area contributed by atoms with Crippen LogP contribution in [0.4, 0.5) is 0 Å². The fraction of sp³-hybridized carbons (Fsp3) is 0. The lowest BCUT2D eigenvalue weighted by molar-refractivity contribution is 1.28. The molecule has 0 aliphatic rings. The molecule has 0 N–H and O–H groups in total. The van der Waals surface area contributed by atoms with Gasteiger partial charge in [0.05, 0.1) is 22.1 Å². The first-order valence-corrected chi connectivity index (χ1v) is 14.3. The van der Waals surface area contributed by atoms with Crippen LogP contribution in [0.25, 0.3) is 91.5 Å². The van der Waals surface area contributed by atoms with Gasteiger partial charge in [-0.3, -0.25) is 4.40 Å². The van der Waals surface area contributed by atoms with E-state index in [1.165, 1.54) is 63.9 Å². The fourth-order valence-corrected chi connectivity index (χ4v) is 7.72. The zero-order valence-electron chi connectivity index (χ0n) is 21.2. The van der Waals surface area contributed by atoms with Crippen LogP contribution in [0.15, 0.2) is 115 Å². The van der Waals surface area contributed by atoms with E-state index in [4.69, 9.17) is 9.97 Å². The Morgan fingerprint density at radius 2 is 1.25 bits per heavy atom. The minimum Gasteiger partial charge on any atom is -0.291 e. The van der Waals surface area contributed by atoms with Gasteiger partial charge in [0.25, 0.3) is 0 Å². The maximum atomic E-state index is 5.11. The Kier molecular flexibility index (Phi) is 3.81. The van der Waals surface area contributed by atoms with E-state index in [1.54, 1.807) is 0 Å². The predicted octanol–water partition coefficient (Wildman–Crippen LogP) is 9.97. The molecule has 4 aromatic heterocycles. The Bertz CT molecular complexity index is 2660. The SMILES string of the molecule is c1ccc2cc(-c3ccc4sc5cc6c(cc5c4c3)c3cccc4c5nc7ccccc7nc5n6c34)ccc2c1. The van der Waals surface area contributed by atoms with E-state index < -0.39 is 0 Å². The van der Waals surface area contributed by atoms with Crippen LogP contribution in [-0.2, 0) is 0 Å². The van der Waals surface area contributed by atoms with Crippen molar-refractivity contribution in [3.8, 4) is 11.1 Å². The second-order valence-electron chi connectivity index (χ2n) is 10.7. The number of para-hydroxylation sites is 3. The highest BCUT2D eigenvalue weighted by Crippen LogP contribution is 2.43. The summed E-state index contributed by atoms with van der Waals surface area (Å²) < 4.78 is 4.94. The van der Waals surface area contributed by atoms with Crippen LogP contribution in [0.5, 0.6) is 0 Å². The van der Waals surface area contributed by atoms with Crippen LogP contribution in [0.1, 0.15) is 0 Å². The second-order valence-corrected chi connectivity index (χ2v) is 11.7. The molecule has 0 radical (unpaired) electrons. The summed E-state index contributed by atoms with van der Waals surface area (Å²) in [6.07, 6.45) is 0. The fourth-order valence-electron chi connectivity index (χ4n) is 6.62. The average molecular weight is 526 g/mol. The first-order valence-electron chi connectivity index (χ1n) is 13.5. The molecular formula is C36H19N3S. The van der Waals surface area contributed by atoms with Crippen molar-refractivity contribution in [2.75, 3.05) is 0 Å². The smallest absolute Gasteiger partial charge is 0.165 e. The molecule has 0 unspecified atom stereocenters. The number of benzene rings is 6. The zero-order chi connectivity index (χ0) is 25.9. The van der Waals surface area contributed by atoms with Crippen molar-refractivity contribution >= 4 is 91.7 Å². The maximum absolute atomic E-state index is 5.11. The summed E-state index contributed by atoms with van der Waals surface area (Å²) in [5.41, 5.74) is 8.66. The first-order chi connectivity index (χ1) is 19.8. The van der Waals surface area contributed by atoms with Gasteiger partial charge < -0.3 is 0 Å². The summed E-state index contributed by atoms with van der Waals surface area (Å²) in [6.45, 7) is 0. The molecule has 10 rings (SSSR count). The molecule has 4 heteroatoms. The average Bonchev–Trinajstić information content (AvgIpc) is 3.64. The summed E-state index contributed by atoms with van der Waals surface area (Å²) >= 11 is 1.86. The number of hydrogen-bond donors (Lipinski definition) is 0. The van der Waals surface area contributed by atoms with Gasteiger partial charge in [0, 0.05) is 36.3 Å². The van der Waals surface area contributed by atoms with Crippen LogP contribution in [-0.4, -0.2) is 14.4 Å². The third-order valence-electron chi connectivity index (χ3n) is 8.48. The highest BCUT2D eigenvalue weighted by molar-refractivity contribution is 7.25. The lowest BCUT2D eigenvalue weighted by atomic mass is 9.99. The largest absolute Gasteiger partial charge is 0.291 e. The summed E-state index contributed by atoms with van der Waals surface area (Å²) in [5.74, 6) is 0. The number of thiophene rings is 1. The molecule has 0 saturated carbocycles. The minimum absolute atomic E-state index is 0.924. The number of fused-ring (bicyclic) bond motifs is 11. The van der Waals surface area contributed by atoms with Crippen molar-refractivity contribution in [1.82, 2.24) is 14.4 Å². The molecule has 0 atom stereocenters. The van der Waals surface area contributed by atoms with Crippen molar-refractivity contribution in [2.24, 2.45) is 0 Å². The van der Waals surface area contributed by atoms with Crippen molar-refractivity contribution < 1.29 is 0 Å². The van der Waals surface area contributed by atoms with Gasteiger partial charge in [-0.05, 0) is 64.4 Å². The molecule has 0 amide bonds. The third-order valence-corrected chi connectivity index (χ3v) is 9.61. The molecule has 0 bridgehead atoms. The molecule has 0 spiro atoms. The van der Waals surface area contributed by atoms with Gasteiger partial charge in [-0.1, -0.05) is 72.8 Å². The highest BCUT2D eigenvalue weighted by Gasteiger charge is 2.21. The van der Waals surface area contributed by atoms with Crippen molar-refractivity contribution in [3.05, 3.63) is 115 Å². The Balaban J connectivity index is 1.28. The number of aromatic nitrogens is 3. The lowest BCUT2D eigenvalue weighted by Crippen LogP contribution is -1.88. The predicted molar refractivity (Wildman–Crippen MR) is 170 cm³/mol. The normalized spacial score (nSPS) is 12.5. The molecular weight excluding hydrogens is 506 g/mol. The van der Waals surface area contributed by atoms with E-state index in [2.05, 4.69) is 95.4 Å². The quantitative estimate of drug-likeness (QED) is 0.213. The molecule has 184 valence electrons. The number of nitrogens with zero attached hydrogens (tertiary/aromatic N) is 3. The molecule has 0 saturated heterocycles. The van der Waals surface area contributed by atoms with Gasteiger partial charge in [0.15, 0.2) is 5.65 Å². The summed E-state index contributed by atoms with van der Waals surface area (Å²) in [5, 5.41) is 8.84. The monoisotopic (exact) mass is 525 g/mol. The van der Waals surface area contributed by atoms with E-state index in [-0.39, 0.29) is 0 Å². The Hall–Kier alpha value is -5.06. The molecule has 4 heterocycles. The van der Waals surface area contributed by atoms with Crippen molar-refractivity contribution in [1.29, 1.82) is 0 Å². The van der Waals surface area contributed by atoms with Gasteiger partial charge in [-0.2, -0.15) is 0 Å². The molecule has 6 aromatic carbocycles. The Labute approximate surface area is 231 Å². The second kappa shape index (κ2) is 7.32. The molecule has 10 aromatic rings. The van der Waals surface area contributed by atoms with Gasteiger partial charge >= 0.3 is 0 Å². The Morgan fingerprint density at radius 1 is 0.500 bits per heavy atom. The maximum Gasteiger partial charge on any atom is 0.165 e. The van der Waals surface area contributed by atoms with E-state index in [0.717, 1.165) is 27.6 Å². The molecule has 40 heavy (non-hydrogen) atoms. The van der Waals surface area contributed by atoms with Crippen LogP contribution in [0.3, 0.4) is 0 Å². The summed E-state index contributed by atoms with van der Waals surface area (Å²) in [4.78, 5) is 10.2. The van der Waals surface area contributed by atoms with Crippen molar-refractivity contribution in [3.63, 3.8) is 0 Å². The lowest BCUT2D eigenvalue weighted by Gasteiger charge is -2.05. The van der Waals surface area contributed by atoms with Gasteiger partial charge in [0.1, 0.15) is 5.52 Å². The van der Waals surface area contributed by atoms with Gasteiger partial charge in [-0.25, -0.2) is 9.97 Å². The van der Waals surface area contributed by atoms with Crippen LogP contribution in [0.2, 0.25) is 0 Å². The molecule has 0 aliphatic carbocycles. The number of rotatable bonds is 1. The molecule has 3 nitrogen and oxygen atoms in total. The standard InChI is InChI=1S/C36H19N3S/c1-2-7-21-16-22(13-12-20(21)6-1)23-14-15-32-27(17-23)28-18-26-24-8-5-9-25-34-36(38-30-11-4-3-10-29(30)37-34)39(35(24)25)31(26)19-33(28)40-32/h1-19H. The van der Waals surface area contributed by atoms with Gasteiger partial charge in [0.2, 0.25) is 0 Å². The minimum atomic E-state index is 0.924. The van der Waals surface area contributed by atoms with Crippen LogP contribution in [0, 0.1) is 0 Å². The summed E-state index contributed by atoms with van der Waals surface area (Å²) in [7, 11) is 0. The van der Waals surface area contributed by atoms with E-state index in [9.17, 15) is 0 Å². The Morgan fingerprint density at radius 3 is 2.17 bits per heavy atom. The van der Waals surface area contributed by atoms with Crippen molar-refractivity contribution in [2.45, 2.75) is 0 Å². The van der Waals surface area contributed by atoms with E-state index in [1.807, 2.05) is 35.6 Å². The first kappa shape index (κ1) is 20.8. The third kappa shape index (κ3) is 2.63. The summed E-state index contributed by atoms with van der Waals surface area (Å²) in [6, 6.07) is 41.7. The molecule has 0 fully saturated rings.